The van der Waals surface area contributed by atoms with Gasteiger partial charge in [-0.2, -0.15) is 0 Å². The van der Waals surface area contributed by atoms with Crippen LogP contribution in [0.25, 0.3) is 0 Å². The lowest BCUT2D eigenvalue weighted by molar-refractivity contribution is -0.146. The summed E-state index contributed by atoms with van der Waals surface area (Å²) >= 11 is 0. The summed E-state index contributed by atoms with van der Waals surface area (Å²) in [6.45, 7) is 5.96. The summed E-state index contributed by atoms with van der Waals surface area (Å²) in [7, 11) is 0. The van der Waals surface area contributed by atoms with E-state index in [1.165, 1.54) is 12.1 Å². The van der Waals surface area contributed by atoms with Crippen molar-refractivity contribution in [1.82, 2.24) is 0 Å². The summed E-state index contributed by atoms with van der Waals surface area (Å²) in [6, 6.07) is 6.12. The molecule has 88 valence electrons. The van der Waals surface area contributed by atoms with Gasteiger partial charge in [0.25, 0.3) is 0 Å². The highest BCUT2D eigenvalue weighted by atomic mass is 19.1. The minimum Gasteiger partial charge on any atom is -0.466 e. The Labute approximate surface area is 95.4 Å². The van der Waals surface area contributed by atoms with Crippen molar-refractivity contribution < 1.29 is 13.9 Å². The predicted molar refractivity (Wildman–Crippen MR) is 60.6 cm³/mol. The molecule has 0 bridgehead atoms. The fraction of sp³-hybridized carbons (Fsp3) is 0.462. The molecule has 3 heteroatoms. The molecule has 0 amide bonds. The lowest BCUT2D eigenvalue weighted by atomic mass is 9.88. The highest BCUT2D eigenvalue weighted by Gasteiger charge is 2.25. The first kappa shape index (κ1) is 12.7. The SMILES string of the molecule is CCOC(=O)C(c1cccc(F)c1)C(C)C. The third-order valence-electron chi connectivity index (χ3n) is 2.41. The Morgan fingerprint density at radius 1 is 1.44 bits per heavy atom. The van der Waals surface area contributed by atoms with Crippen molar-refractivity contribution in [2.45, 2.75) is 26.7 Å². The third kappa shape index (κ3) is 3.05. The molecule has 2 nitrogen and oxygen atoms in total. The molecule has 1 aromatic rings. The molecule has 0 spiro atoms. The maximum atomic E-state index is 13.1. The number of esters is 1. The number of carbonyl (C=O) groups excluding carboxylic acids is 1. The summed E-state index contributed by atoms with van der Waals surface area (Å²) in [5, 5.41) is 0. The van der Waals surface area contributed by atoms with Gasteiger partial charge in [-0.25, -0.2) is 4.39 Å². The lowest BCUT2D eigenvalue weighted by Gasteiger charge is -2.19. The van der Waals surface area contributed by atoms with Crippen molar-refractivity contribution in [3.8, 4) is 0 Å². The smallest absolute Gasteiger partial charge is 0.313 e. The second kappa shape index (κ2) is 5.64. The number of carbonyl (C=O) groups is 1. The lowest BCUT2D eigenvalue weighted by Crippen LogP contribution is -2.21. The zero-order valence-corrected chi connectivity index (χ0v) is 9.87. The quantitative estimate of drug-likeness (QED) is 0.734. The molecular weight excluding hydrogens is 207 g/mol. The minimum atomic E-state index is -0.393. The molecule has 0 saturated carbocycles. The van der Waals surface area contributed by atoms with Gasteiger partial charge in [0.15, 0.2) is 0 Å². The Morgan fingerprint density at radius 3 is 2.62 bits per heavy atom. The van der Waals surface area contributed by atoms with E-state index >= 15 is 0 Å². The molecule has 0 fully saturated rings. The van der Waals surface area contributed by atoms with Crippen molar-refractivity contribution in [3.63, 3.8) is 0 Å². The molecule has 0 heterocycles. The molecule has 0 radical (unpaired) electrons. The zero-order valence-electron chi connectivity index (χ0n) is 9.87. The normalized spacial score (nSPS) is 12.6. The third-order valence-corrected chi connectivity index (χ3v) is 2.41. The van der Waals surface area contributed by atoms with Gasteiger partial charge in [0.1, 0.15) is 5.82 Å². The molecule has 0 saturated heterocycles. The molecule has 0 aliphatic rings. The van der Waals surface area contributed by atoms with E-state index in [1.807, 2.05) is 13.8 Å². The molecule has 0 N–H and O–H groups in total. The fourth-order valence-electron chi connectivity index (χ4n) is 1.73. The van der Waals surface area contributed by atoms with Crippen molar-refractivity contribution in [1.29, 1.82) is 0 Å². The maximum Gasteiger partial charge on any atom is 0.313 e. The molecule has 1 unspecified atom stereocenters. The highest BCUT2D eigenvalue weighted by Crippen LogP contribution is 2.26. The van der Waals surface area contributed by atoms with Gasteiger partial charge in [-0.1, -0.05) is 26.0 Å². The molecule has 0 aliphatic carbocycles. The van der Waals surface area contributed by atoms with Gasteiger partial charge in [0.2, 0.25) is 0 Å². The molecular formula is C13H17FO2. The zero-order chi connectivity index (χ0) is 12.1. The van der Waals surface area contributed by atoms with Crippen LogP contribution in [0, 0.1) is 11.7 Å². The van der Waals surface area contributed by atoms with Gasteiger partial charge in [0.05, 0.1) is 12.5 Å². The van der Waals surface area contributed by atoms with E-state index in [4.69, 9.17) is 4.74 Å². The van der Waals surface area contributed by atoms with Crippen LogP contribution in [0.5, 0.6) is 0 Å². The Balaban J connectivity index is 2.98. The second-order valence-corrected chi connectivity index (χ2v) is 4.03. The van der Waals surface area contributed by atoms with Crippen LogP contribution in [-0.2, 0) is 9.53 Å². The largest absolute Gasteiger partial charge is 0.466 e. The van der Waals surface area contributed by atoms with E-state index in [1.54, 1.807) is 19.1 Å². The van der Waals surface area contributed by atoms with Gasteiger partial charge >= 0.3 is 5.97 Å². The summed E-state index contributed by atoms with van der Waals surface area (Å²) < 4.78 is 18.1. The number of benzene rings is 1. The van der Waals surface area contributed by atoms with Crippen molar-refractivity contribution in [2.24, 2.45) is 5.92 Å². The minimum absolute atomic E-state index is 0.0841. The summed E-state index contributed by atoms with van der Waals surface area (Å²) in [5.74, 6) is -0.924. The van der Waals surface area contributed by atoms with Crippen LogP contribution in [-0.4, -0.2) is 12.6 Å². The Bertz CT molecular complexity index is 361. The van der Waals surface area contributed by atoms with Gasteiger partial charge in [-0.3, -0.25) is 4.79 Å². The Kier molecular flexibility index (Phi) is 4.47. The summed E-state index contributed by atoms with van der Waals surface area (Å²) in [6.07, 6.45) is 0. The summed E-state index contributed by atoms with van der Waals surface area (Å²) in [5.41, 5.74) is 0.674. The number of hydrogen-bond acceptors (Lipinski definition) is 2. The van der Waals surface area contributed by atoms with E-state index in [2.05, 4.69) is 0 Å². The topological polar surface area (TPSA) is 26.3 Å². The van der Waals surface area contributed by atoms with Gasteiger partial charge in [-0.15, -0.1) is 0 Å². The monoisotopic (exact) mass is 224 g/mol. The number of rotatable bonds is 4. The van der Waals surface area contributed by atoms with Crippen LogP contribution in [0.2, 0.25) is 0 Å². The van der Waals surface area contributed by atoms with Crippen LogP contribution in [0.15, 0.2) is 24.3 Å². The first-order chi connectivity index (χ1) is 7.56. The van der Waals surface area contributed by atoms with E-state index < -0.39 is 5.92 Å². The first-order valence-corrected chi connectivity index (χ1v) is 5.48. The van der Waals surface area contributed by atoms with Crippen LogP contribution in [0.3, 0.4) is 0 Å². The number of hydrogen-bond donors (Lipinski definition) is 0. The standard InChI is InChI=1S/C13H17FO2/c1-4-16-13(15)12(9(2)3)10-6-5-7-11(14)8-10/h5-9,12H,4H2,1-3H3. The van der Waals surface area contributed by atoms with Gasteiger partial charge in [0, 0.05) is 0 Å². The maximum absolute atomic E-state index is 13.1. The van der Waals surface area contributed by atoms with Crippen molar-refractivity contribution in [2.75, 3.05) is 6.61 Å². The van der Waals surface area contributed by atoms with E-state index in [9.17, 15) is 9.18 Å². The number of ether oxygens (including phenoxy) is 1. The highest BCUT2D eigenvalue weighted by molar-refractivity contribution is 5.78. The van der Waals surface area contributed by atoms with Crippen LogP contribution >= 0.6 is 0 Å². The van der Waals surface area contributed by atoms with E-state index in [-0.39, 0.29) is 17.7 Å². The van der Waals surface area contributed by atoms with Gasteiger partial charge in [-0.05, 0) is 30.5 Å². The second-order valence-electron chi connectivity index (χ2n) is 4.03. The van der Waals surface area contributed by atoms with E-state index in [0.29, 0.717) is 12.2 Å². The van der Waals surface area contributed by atoms with Crippen LogP contribution < -0.4 is 0 Å². The van der Waals surface area contributed by atoms with Crippen LogP contribution in [0.4, 0.5) is 4.39 Å². The summed E-state index contributed by atoms with van der Waals surface area (Å²) in [4.78, 5) is 11.8. The first-order valence-electron chi connectivity index (χ1n) is 5.48. The molecule has 0 aromatic heterocycles. The van der Waals surface area contributed by atoms with Crippen LogP contribution in [0.1, 0.15) is 32.3 Å². The number of halogens is 1. The average Bonchev–Trinajstić information content (AvgIpc) is 2.17. The Morgan fingerprint density at radius 2 is 2.12 bits per heavy atom. The Hall–Kier alpha value is -1.38. The van der Waals surface area contributed by atoms with E-state index in [0.717, 1.165) is 0 Å². The van der Waals surface area contributed by atoms with Crippen molar-refractivity contribution >= 4 is 5.97 Å². The molecule has 1 rings (SSSR count). The average molecular weight is 224 g/mol. The molecule has 0 aliphatic heterocycles. The van der Waals surface area contributed by atoms with Gasteiger partial charge < -0.3 is 4.74 Å². The fourth-order valence-corrected chi connectivity index (χ4v) is 1.73. The molecule has 16 heavy (non-hydrogen) atoms. The molecule has 1 aromatic carbocycles. The van der Waals surface area contributed by atoms with Crippen molar-refractivity contribution in [3.05, 3.63) is 35.6 Å². The predicted octanol–water partition coefficient (Wildman–Crippen LogP) is 3.13. The molecule has 1 atom stereocenters.